The molecule has 1 aromatic heterocycles. The molecule has 11 nitrogen and oxygen atoms in total. The maximum atomic E-state index is 13.1. The van der Waals surface area contributed by atoms with Gasteiger partial charge in [-0.3, -0.25) is 19.1 Å². The van der Waals surface area contributed by atoms with Crippen molar-refractivity contribution in [3.63, 3.8) is 0 Å². The number of carbonyl (C=O) groups is 3. The molecule has 0 unspecified atom stereocenters. The van der Waals surface area contributed by atoms with E-state index in [1.807, 2.05) is 25.3 Å². The first kappa shape index (κ1) is 25.6. The van der Waals surface area contributed by atoms with Gasteiger partial charge in [0.15, 0.2) is 0 Å². The molecule has 194 valence electrons. The number of carbonyl (C=O) groups excluding carboxylic acids is 3. The molecule has 1 aromatic carbocycles. The molecule has 0 radical (unpaired) electrons. The Morgan fingerprint density at radius 2 is 2.00 bits per heavy atom. The third-order valence-electron chi connectivity index (χ3n) is 6.27. The summed E-state index contributed by atoms with van der Waals surface area (Å²) in [6.45, 7) is 6.23. The van der Waals surface area contributed by atoms with Crippen LogP contribution in [0.2, 0.25) is 0 Å². The average Bonchev–Trinajstić information content (AvgIpc) is 3.55. The molecule has 2 aliphatic rings. The van der Waals surface area contributed by atoms with E-state index in [1.165, 1.54) is 0 Å². The van der Waals surface area contributed by atoms with E-state index in [0.29, 0.717) is 75.7 Å². The van der Waals surface area contributed by atoms with Gasteiger partial charge in [-0.1, -0.05) is 11.3 Å². The first-order valence-corrected chi connectivity index (χ1v) is 12.5. The van der Waals surface area contributed by atoms with Gasteiger partial charge in [0.05, 0.1) is 24.9 Å². The van der Waals surface area contributed by atoms with Crippen molar-refractivity contribution in [1.29, 1.82) is 0 Å². The number of hydrogen-bond donors (Lipinski definition) is 2. The molecule has 2 aliphatic heterocycles. The number of aromatic nitrogens is 3. The molecule has 2 bridgehead atoms. The van der Waals surface area contributed by atoms with Crippen molar-refractivity contribution >= 4 is 17.7 Å². The van der Waals surface area contributed by atoms with Crippen molar-refractivity contribution in [2.24, 2.45) is 0 Å². The number of amides is 3. The molecule has 3 amide bonds. The Hall–Kier alpha value is -3.47. The van der Waals surface area contributed by atoms with E-state index in [0.717, 1.165) is 12.0 Å². The van der Waals surface area contributed by atoms with Gasteiger partial charge in [-0.05, 0) is 50.8 Å². The number of hydrogen-bond acceptors (Lipinski definition) is 7. The van der Waals surface area contributed by atoms with Crippen LogP contribution in [0.5, 0.6) is 5.75 Å². The van der Waals surface area contributed by atoms with Gasteiger partial charge in [-0.15, -0.1) is 5.10 Å². The molecule has 36 heavy (non-hydrogen) atoms. The van der Waals surface area contributed by atoms with Gasteiger partial charge in [-0.2, -0.15) is 0 Å². The van der Waals surface area contributed by atoms with E-state index in [9.17, 15) is 14.4 Å². The Bertz CT molecular complexity index is 1080. The normalized spacial score (nSPS) is 22.3. The summed E-state index contributed by atoms with van der Waals surface area (Å²) in [7, 11) is 0. The summed E-state index contributed by atoms with van der Waals surface area (Å²) in [6.07, 6.45) is 4.17. The van der Waals surface area contributed by atoms with Crippen molar-refractivity contribution in [2.75, 3.05) is 26.3 Å². The van der Waals surface area contributed by atoms with Gasteiger partial charge in [-0.25, -0.2) is 0 Å². The molecular weight excluding hydrogens is 464 g/mol. The maximum absolute atomic E-state index is 13.1. The topological polar surface area (TPSA) is 128 Å². The number of nitrogens with one attached hydrogen (secondary N) is 2. The Morgan fingerprint density at radius 1 is 1.14 bits per heavy atom. The monoisotopic (exact) mass is 498 g/mol. The molecule has 0 saturated carbocycles. The lowest BCUT2D eigenvalue weighted by atomic mass is 10.1. The van der Waals surface area contributed by atoms with Crippen LogP contribution in [0.4, 0.5) is 0 Å². The molecule has 1 saturated heterocycles. The first-order chi connectivity index (χ1) is 17.4. The smallest absolute Gasteiger partial charge is 0.255 e. The number of benzene rings is 1. The minimum Gasteiger partial charge on any atom is -0.493 e. The molecule has 4 rings (SSSR count). The zero-order valence-electron chi connectivity index (χ0n) is 20.9. The van der Waals surface area contributed by atoms with Gasteiger partial charge in [0, 0.05) is 32.7 Å². The molecule has 11 heteroatoms. The minimum absolute atomic E-state index is 0.0682. The van der Waals surface area contributed by atoms with Crippen LogP contribution in [-0.2, 0) is 27.4 Å². The van der Waals surface area contributed by atoms with Gasteiger partial charge >= 0.3 is 0 Å². The van der Waals surface area contributed by atoms with Crippen molar-refractivity contribution in [2.45, 2.75) is 64.8 Å². The number of ether oxygens (including phenoxy) is 2. The fourth-order valence-electron chi connectivity index (χ4n) is 4.28. The summed E-state index contributed by atoms with van der Waals surface area (Å²) in [5, 5.41) is 14.0. The van der Waals surface area contributed by atoms with E-state index in [1.54, 1.807) is 22.6 Å². The second kappa shape index (κ2) is 12.0. The predicted molar refractivity (Wildman–Crippen MR) is 130 cm³/mol. The van der Waals surface area contributed by atoms with Crippen LogP contribution < -0.4 is 15.4 Å². The van der Waals surface area contributed by atoms with Gasteiger partial charge in [0.25, 0.3) is 11.8 Å². The van der Waals surface area contributed by atoms with Crippen molar-refractivity contribution in [1.82, 2.24) is 30.5 Å². The lowest BCUT2D eigenvalue weighted by Gasteiger charge is -2.24. The molecule has 2 atom stereocenters. The largest absolute Gasteiger partial charge is 0.493 e. The summed E-state index contributed by atoms with van der Waals surface area (Å²) in [5.74, 6) is -0.266. The summed E-state index contributed by atoms with van der Waals surface area (Å²) < 4.78 is 13.3. The first-order valence-electron chi connectivity index (χ1n) is 12.5. The predicted octanol–water partition coefficient (Wildman–Crippen LogP) is 1.20. The molecule has 2 N–H and O–H groups in total. The quantitative estimate of drug-likeness (QED) is 0.605. The zero-order chi connectivity index (χ0) is 25.5. The van der Waals surface area contributed by atoms with Gasteiger partial charge in [0.1, 0.15) is 23.6 Å². The molecule has 0 spiro atoms. The minimum atomic E-state index is -0.729. The molecule has 0 aliphatic carbocycles. The standard InChI is InChI=1S/C25H34N6O5/c1-17-7-8-20-22(14-17)36-13-5-11-31-16-19(28-29-31)15-30(25(34)21-6-3-12-35-21)10-4-9-26-23(32)18(2)27-24(20)33/h7-8,14,16,18,21H,3-6,9-13,15H2,1-2H3,(H,26,32)(H,27,33)/t18-,21-/m1/s1. The Kier molecular flexibility index (Phi) is 8.52. The average molecular weight is 499 g/mol. The van der Waals surface area contributed by atoms with Gasteiger partial charge in [0.2, 0.25) is 5.91 Å². The van der Waals surface area contributed by atoms with Gasteiger partial charge < -0.3 is 25.0 Å². The summed E-state index contributed by atoms with van der Waals surface area (Å²) in [4.78, 5) is 40.3. The van der Waals surface area contributed by atoms with Crippen LogP contribution in [0.1, 0.15) is 54.2 Å². The SMILES string of the molecule is Cc1ccc2c(c1)OCCCn1cc(nn1)CN(C(=O)[C@H]1CCCO1)CCCNC(=O)[C@@H](C)NC2=O. The highest BCUT2D eigenvalue weighted by atomic mass is 16.5. The van der Waals surface area contributed by atoms with Crippen molar-refractivity contribution < 1.29 is 23.9 Å². The van der Waals surface area contributed by atoms with E-state index in [2.05, 4.69) is 20.9 Å². The Balaban J connectivity index is 1.49. The van der Waals surface area contributed by atoms with Crippen LogP contribution in [0.25, 0.3) is 0 Å². The summed E-state index contributed by atoms with van der Waals surface area (Å²) >= 11 is 0. The maximum Gasteiger partial charge on any atom is 0.255 e. The van der Waals surface area contributed by atoms with Crippen molar-refractivity contribution in [3.8, 4) is 5.75 Å². The van der Waals surface area contributed by atoms with Crippen LogP contribution in [0.15, 0.2) is 24.4 Å². The van der Waals surface area contributed by atoms with Crippen molar-refractivity contribution in [3.05, 3.63) is 41.2 Å². The number of rotatable bonds is 1. The van der Waals surface area contributed by atoms with Crippen LogP contribution in [0, 0.1) is 6.92 Å². The fraction of sp³-hybridized carbons (Fsp3) is 0.560. The van der Waals surface area contributed by atoms with Crippen LogP contribution in [-0.4, -0.2) is 76.1 Å². The highest BCUT2D eigenvalue weighted by Crippen LogP contribution is 2.21. The Labute approximate surface area is 210 Å². The highest BCUT2D eigenvalue weighted by molar-refractivity contribution is 5.99. The third-order valence-corrected chi connectivity index (χ3v) is 6.27. The lowest BCUT2D eigenvalue weighted by Crippen LogP contribution is -2.45. The van der Waals surface area contributed by atoms with Crippen LogP contribution >= 0.6 is 0 Å². The summed E-state index contributed by atoms with van der Waals surface area (Å²) in [5.41, 5.74) is 2.03. The van der Waals surface area contributed by atoms with E-state index >= 15 is 0 Å². The third kappa shape index (κ3) is 6.60. The number of fused-ring (bicyclic) bond motifs is 3. The van der Waals surface area contributed by atoms with E-state index < -0.39 is 12.1 Å². The Morgan fingerprint density at radius 3 is 2.81 bits per heavy atom. The molecule has 2 aromatic rings. The van der Waals surface area contributed by atoms with Crippen LogP contribution in [0.3, 0.4) is 0 Å². The lowest BCUT2D eigenvalue weighted by molar-refractivity contribution is -0.141. The molecule has 1 fully saturated rings. The molecular formula is C25H34N6O5. The number of aryl methyl sites for hydroxylation is 2. The fourth-order valence-corrected chi connectivity index (χ4v) is 4.28. The van der Waals surface area contributed by atoms with E-state index in [-0.39, 0.29) is 17.7 Å². The van der Waals surface area contributed by atoms with E-state index in [4.69, 9.17) is 9.47 Å². The second-order valence-corrected chi connectivity index (χ2v) is 9.28. The summed E-state index contributed by atoms with van der Waals surface area (Å²) in [6, 6.07) is 4.63. The number of nitrogens with zero attached hydrogens (tertiary/aromatic N) is 4. The zero-order valence-corrected chi connectivity index (χ0v) is 20.9. The second-order valence-electron chi connectivity index (χ2n) is 9.28. The molecule has 3 heterocycles. The highest BCUT2D eigenvalue weighted by Gasteiger charge is 2.29.